The molecule has 0 atom stereocenters. The molecule has 26 heavy (non-hydrogen) atoms. The Balaban J connectivity index is 1.95. The standard InChI is InChI=1S/C17H21F3N2O3S/c18-17(19,20)16(23)21-11-5-7-13-6-4-8-14(12-13)22-26(24,25)15-9-2-1-3-10-15/h4-8,12,15,22H,1-3,9-11H2,(H,21,23)/b7-5+. The fourth-order valence-electron chi connectivity index (χ4n) is 2.78. The Bertz CT molecular complexity index is 755. The van der Waals surface area contributed by atoms with Gasteiger partial charge in [0.1, 0.15) is 0 Å². The second-order valence-corrected chi connectivity index (χ2v) is 8.10. The number of carbonyl (C=O) groups excluding carboxylic acids is 1. The zero-order chi connectivity index (χ0) is 19.2. The highest BCUT2D eigenvalue weighted by Gasteiger charge is 2.38. The van der Waals surface area contributed by atoms with Gasteiger partial charge in [-0.05, 0) is 30.5 Å². The average Bonchev–Trinajstić information content (AvgIpc) is 2.58. The summed E-state index contributed by atoms with van der Waals surface area (Å²) in [7, 11) is -3.46. The van der Waals surface area contributed by atoms with Gasteiger partial charge in [0, 0.05) is 12.2 Å². The summed E-state index contributed by atoms with van der Waals surface area (Å²) >= 11 is 0. The Morgan fingerprint density at radius 3 is 2.54 bits per heavy atom. The first-order valence-corrected chi connectivity index (χ1v) is 9.86. The minimum Gasteiger partial charge on any atom is -0.345 e. The van der Waals surface area contributed by atoms with Crippen molar-refractivity contribution in [1.82, 2.24) is 5.32 Å². The molecule has 0 saturated heterocycles. The molecule has 0 bridgehead atoms. The van der Waals surface area contributed by atoms with Crippen molar-refractivity contribution in [2.24, 2.45) is 0 Å². The van der Waals surface area contributed by atoms with Crippen molar-refractivity contribution < 1.29 is 26.4 Å². The van der Waals surface area contributed by atoms with Crippen LogP contribution in [0.5, 0.6) is 0 Å². The van der Waals surface area contributed by atoms with Crippen molar-refractivity contribution in [3.8, 4) is 0 Å². The van der Waals surface area contributed by atoms with Gasteiger partial charge in [-0.3, -0.25) is 9.52 Å². The highest BCUT2D eigenvalue weighted by molar-refractivity contribution is 7.93. The van der Waals surface area contributed by atoms with E-state index in [2.05, 4.69) is 4.72 Å². The summed E-state index contributed by atoms with van der Waals surface area (Å²) in [4.78, 5) is 10.7. The van der Waals surface area contributed by atoms with E-state index in [1.165, 1.54) is 12.2 Å². The number of anilines is 1. The normalized spacial score (nSPS) is 16.6. The lowest BCUT2D eigenvalue weighted by Crippen LogP contribution is -2.36. The summed E-state index contributed by atoms with van der Waals surface area (Å²) < 4.78 is 63.6. The maximum absolute atomic E-state index is 12.4. The molecule has 0 unspecified atom stereocenters. The number of sulfonamides is 1. The molecule has 0 spiro atoms. The van der Waals surface area contributed by atoms with Crippen molar-refractivity contribution in [2.45, 2.75) is 43.5 Å². The van der Waals surface area contributed by atoms with Crippen LogP contribution >= 0.6 is 0 Å². The quantitative estimate of drug-likeness (QED) is 0.781. The molecular weight excluding hydrogens is 369 g/mol. The molecule has 1 aliphatic rings. The average molecular weight is 390 g/mol. The third-order valence-electron chi connectivity index (χ3n) is 4.09. The minimum atomic E-state index is -4.91. The van der Waals surface area contributed by atoms with Crippen LogP contribution in [0.25, 0.3) is 6.08 Å². The van der Waals surface area contributed by atoms with Crippen LogP contribution in [0.1, 0.15) is 37.7 Å². The van der Waals surface area contributed by atoms with Gasteiger partial charge in [0.05, 0.1) is 5.25 Å². The molecule has 0 aromatic heterocycles. The topological polar surface area (TPSA) is 75.3 Å². The van der Waals surface area contributed by atoms with Crippen LogP contribution in [-0.2, 0) is 14.8 Å². The Labute approximate surface area is 150 Å². The number of hydrogen-bond donors (Lipinski definition) is 2. The molecule has 144 valence electrons. The molecular formula is C17H21F3N2O3S. The van der Waals surface area contributed by atoms with Gasteiger partial charge in [0.15, 0.2) is 0 Å². The summed E-state index contributed by atoms with van der Waals surface area (Å²) in [6.45, 7) is -0.281. The van der Waals surface area contributed by atoms with Gasteiger partial charge < -0.3 is 5.32 Å². The van der Waals surface area contributed by atoms with Gasteiger partial charge in [-0.1, -0.05) is 43.5 Å². The third kappa shape index (κ3) is 6.05. The Morgan fingerprint density at radius 1 is 1.19 bits per heavy atom. The number of nitrogens with one attached hydrogen (secondary N) is 2. The number of carbonyl (C=O) groups is 1. The van der Waals surface area contributed by atoms with E-state index >= 15 is 0 Å². The molecule has 0 radical (unpaired) electrons. The molecule has 1 aromatic carbocycles. The van der Waals surface area contributed by atoms with E-state index in [4.69, 9.17) is 0 Å². The van der Waals surface area contributed by atoms with Crippen LogP contribution in [0, 0.1) is 0 Å². The smallest absolute Gasteiger partial charge is 0.345 e. The highest BCUT2D eigenvalue weighted by Crippen LogP contribution is 2.25. The summed E-state index contributed by atoms with van der Waals surface area (Å²) in [5.74, 6) is -2.00. The molecule has 2 rings (SSSR count). The van der Waals surface area contributed by atoms with Gasteiger partial charge in [-0.25, -0.2) is 8.42 Å². The van der Waals surface area contributed by atoms with E-state index in [1.54, 1.807) is 29.6 Å². The van der Waals surface area contributed by atoms with Crippen LogP contribution in [0.15, 0.2) is 30.3 Å². The molecule has 1 aromatic rings. The van der Waals surface area contributed by atoms with Crippen molar-refractivity contribution in [3.63, 3.8) is 0 Å². The van der Waals surface area contributed by atoms with E-state index in [0.29, 0.717) is 24.1 Å². The zero-order valence-corrected chi connectivity index (χ0v) is 14.9. The summed E-state index contributed by atoms with van der Waals surface area (Å²) in [6, 6.07) is 6.53. The number of benzene rings is 1. The molecule has 9 heteroatoms. The largest absolute Gasteiger partial charge is 0.471 e. The van der Waals surface area contributed by atoms with Gasteiger partial charge in [0.25, 0.3) is 0 Å². The number of hydrogen-bond acceptors (Lipinski definition) is 3. The first kappa shape index (κ1) is 20.3. The van der Waals surface area contributed by atoms with Gasteiger partial charge in [-0.2, -0.15) is 13.2 Å². The van der Waals surface area contributed by atoms with Gasteiger partial charge in [0.2, 0.25) is 10.0 Å². The van der Waals surface area contributed by atoms with Crippen LogP contribution in [0.2, 0.25) is 0 Å². The number of alkyl halides is 3. The fourth-order valence-corrected chi connectivity index (χ4v) is 4.35. The van der Waals surface area contributed by atoms with Crippen LogP contribution in [0.4, 0.5) is 18.9 Å². The van der Waals surface area contributed by atoms with E-state index in [-0.39, 0.29) is 6.54 Å². The fraction of sp³-hybridized carbons (Fsp3) is 0.471. The maximum atomic E-state index is 12.4. The lowest BCUT2D eigenvalue weighted by molar-refractivity contribution is -0.173. The molecule has 0 heterocycles. The monoisotopic (exact) mass is 390 g/mol. The molecule has 1 fully saturated rings. The van der Waals surface area contributed by atoms with E-state index in [9.17, 15) is 26.4 Å². The van der Waals surface area contributed by atoms with Crippen LogP contribution < -0.4 is 10.0 Å². The predicted octanol–water partition coefficient (Wildman–Crippen LogP) is 3.45. The summed E-state index contributed by atoms with van der Waals surface area (Å²) in [5, 5.41) is 1.33. The van der Waals surface area contributed by atoms with Crippen molar-refractivity contribution in [1.29, 1.82) is 0 Å². The minimum absolute atomic E-state index is 0.281. The number of amides is 1. The van der Waals surface area contributed by atoms with Crippen molar-refractivity contribution >= 4 is 27.7 Å². The van der Waals surface area contributed by atoms with Crippen molar-refractivity contribution in [2.75, 3.05) is 11.3 Å². The highest BCUT2D eigenvalue weighted by atomic mass is 32.2. The van der Waals surface area contributed by atoms with Crippen molar-refractivity contribution in [3.05, 3.63) is 35.9 Å². The van der Waals surface area contributed by atoms with E-state index in [0.717, 1.165) is 19.3 Å². The SMILES string of the molecule is O=C(NC/C=C/c1cccc(NS(=O)(=O)C2CCCCC2)c1)C(F)(F)F. The number of rotatable bonds is 6. The third-order valence-corrected chi connectivity index (χ3v) is 5.96. The molecule has 1 aliphatic carbocycles. The number of halogens is 3. The molecule has 1 saturated carbocycles. The van der Waals surface area contributed by atoms with Crippen LogP contribution in [0.3, 0.4) is 0 Å². The van der Waals surface area contributed by atoms with E-state index < -0.39 is 27.4 Å². The lowest BCUT2D eigenvalue weighted by atomic mass is 10.0. The van der Waals surface area contributed by atoms with E-state index in [1.807, 2.05) is 0 Å². The molecule has 2 N–H and O–H groups in total. The lowest BCUT2D eigenvalue weighted by Gasteiger charge is -2.22. The Hall–Kier alpha value is -2.03. The maximum Gasteiger partial charge on any atom is 0.471 e. The second kappa shape index (κ2) is 8.57. The predicted molar refractivity (Wildman–Crippen MR) is 94.0 cm³/mol. The Kier molecular flexibility index (Phi) is 6.69. The summed E-state index contributed by atoms with van der Waals surface area (Å²) in [6.07, 6.45) is 2.10. The zero-order valence-electron chi connectivity index (χ0n) is 14.1. The van der Waals surface area contributed by atoms with Gasteiger partial charge in [-0.15, -0.1) is 0 Å². The summed E-state index contributed by atoms with van der Waals surface area (Å²) in [5.41, 5.74) is 1.01. The first-order valence-electron chi connectivity index (χ1n) is 8.32. The van der Waals surface area contributed by atoms with Crippen LogP contribution in [-0.4, -0.2) is 32.3 Å². The molecule has 5 nitrogen and oxygen atoms in total. The molecule has 1 amide bonds. The Morgan fingerprint density at radius 2 is 1.88 bits per heavy atom. The molecule has 0 aliphatic heterocycles. The first-order chi connectivity index (χ1) is 12.2. The van der Waals surface area contributed by atoms with Gasteiger partial charge >= 0.3 is 12.1 Å². The second-order valence-electron chi connectivity index (χ2n) is 6.14.